The number of aromatic nitrogens is 1. The zero-order chi connectivity index (χ0) is 15.9. The van der Waals surface area contributed by atoms with E-state index in [9.17, 15) is 9.59 Å². The predicted octanol–water partition coefficient (Wildman–Crippen LogP) is 3.55. The van der Waals surface area contributed by atoms with Crippen LogP contribution in [0.1, 0.15) is 34.1 Å². The summed E-state index contributed by atoms with van der Waals surface area (Å²) in [6, 6.07) is 9.62. The summed E-state index contributed by atoms with van der Waals surface area (Å²) < 4.78 is 5.03. The molecule has 0 aliphatic heterocycles. The fraction of sp³-hybridized carbons (Fsp3) is 0.188. The summed E-state index contributed by atoms with van der Waals surface area (Å²) in [4.78, 5) is 27.5. The maximum atomic E-state index is 12.0. The lowest BCUT2D eigenvalue weighted by Crippen LogP contribution is -2.12. The normalized spacial score (nSPS) is 10.1. The fourth-order valence-corrected chi connectivity index (χ4v) is 1.79. The number of nitrogens with one attached hydrogen (secondary N) is 1. The molecular weight excluding hydrogens is 304 g/mol. The smallest absolute Gasteiger partial charge is 0.338 e. The summed E-state index contributed by atoms with van der Waals surface area (Å²) in [5.41, 5.74) is 1.42. The second kappa shape index (κ2) is 7.56. The number of anilines is 1. The van der Waals surface area contributed by atoms with E-state index < -0.39 is 0 Å². The Bertz CT molecular complexity index is 654. The number of pyridine rings is 1. The van der Waals surface area contributed by atoms with Crippen molar-refractivity contribution in [3.63, 3.8) is 0 Å². The third kappa shape index (κ3) is 4.30. The van der Waals surface area contributed by atoms with E-state index in [4.69, 9.17) is 16.3 Å². The molecule has 1 aromatic carbocycles. The summed E-state index contributed by atoms with van der Waals surface area (Å²) in [6.45, 7) is 2.32. The minimum atomic E-state index is -0.373. The number of rotatable bonds is 5. The van der Waals surface area contributed by atoms with Gasteiger partial charge in [-0.05, 0) is 42.8 Å². The van der Waals surface area contributed by atoms with Gasteiger partial charge in [0.2, 0.25) is 0 Å². The maximum Gasteiger partial charge on any atom is 0.338 e. The molecule has 1 amide bonds. The number of hydrogen-bond acceptors (Lipinski definition) is 4. The number of benzene rings is 1. The van der Waals surface area contributed by atoms with Gasteiger partial charge in [0.05, 0.1) is 17.7 Å². The first kappa shape index (κ1) is 16.0. The van der Waals surface area contributed by atoms with E-state index in [1.807, 2.05) is 6.92 Å². The van der Waals surface area contributed by atoms with Crippen molar-refractivity contribution in [3.05, 3.63) is 58.9 Å². The first-order valence-corrected chi connectivity index (χ1v) is 7.18. The Labute approximate surface area is 133 Å². The molecule has 6 heteroatoms. The van der Waals surface area contributed by atoms with E-state index >= 15 is 0 Å². The van der Waals surface area contributed by atoms with Gasteiger partial charge in [-0.25, -0.2) is 9.78 Å². The highest BCUT2D eigenvalue weighted by Crippen LogP contribution is 2.13. The van der Waals surface area contributed by atoms with Gasteiger partial charge in [-0.1, -0.05) is 18.5 Å². The van der Waals surface area contributed by atoms with E-state index in [1.54, 1.807) is 36.4 Å². The number of amides is 1. The lowest BCUT2D eigenvalue weighted by molar-refractivity contribution is 0.0505. The van der Waals surface area contributed by atoms with Gasteiger partial charge >= 0.3 is 5.97 Å². The van der Waals surface area contributed by atoms with Crippen molar-refractivity contribution in [3.8, 4) is 0 Å². The number of ether oxygens (including phenoxy) is 1. The number of carbonyl (C=O) groups excluding carboxylic acids is 2. The third-order valence-electron chi connectivity index (χ3n) is 2.81. The third-order valence-corrected chi connectivity index (χ3v) is 3.03. The number of carbonyl (C=O) groups is 2. The average molecular weight is 319 g/mol. The molecule has 1 N–H and O–H groups in total. The highest BCUT2D eigenvalue weighted by Gasteiger charge is 2.09. The molecule has 0 aliphatic rings. The van der Waals surface area contributed by atoms with Gasteiger partial charge in [0.1, 0.15) is 5.15 Å². The van der Waals surface area contributed by atoms with E-state index in [2.05, 4.69) is 10.3 Å². The summed E-state index contributed by atoms with van der Waals surface area (Å²) in [6.07, 6.45) is 2.17. The summed E-state index contributed by atoms with van der Waals surface area (Å²) in [5, 5.41) is 3.04. The summed E-state index contributed by atoms with van der Waals surface area (Å²) >= 11 is 5.67. The molecule has 0 unspecified atom stereocenters. The topological polar surface area (TPSA) is 68.3 Å². The molecule has 2 rings (SSSR count). The van der Waals surface area contributed by atoms with E-state index in [1.165, 1.54) is 6.20 Å². The molecule has 1 aromatic heterocycles. The molecule has 0 saturated carbocycles. The second-order valence-electron chi connectivity index (χ2n) is 4.54. The van der Waals surface area contributed by atoms with Gasteiger partial charge in [-0.3, -0.25) is 4.79 Å². The fourth-order valence-electron chi connectivity index (χ4n) is 1.68. The minimum absolute atomic E-state index is 0.300. The van der Waals surface area contributed by atoms with E-state index in [0.717, 1.165) is 6.42 Å². The van der Waals surface area contributed by atoms with Crippen LogP contribution in [0.3, 0.4) is 0 Å². The Kier molecular flexibility index (Phi) is 5.49. The summed E-state index contributed by atoms with van der Waals surface area (Å²) in [7, 11) is 0. The molecule has 114 valence electrons. The van der Waals surface area contributed by atoms with Gasteiger partial charge < -0.3 is 10.1 Å². The van der Waals surface area contributed by atoms with Gasteiger partial charge in [-0.2, -0.15) is 0 Å². The Hall–Kier alpha value is -2.40. The number of hydrogen-bond donors (Lipinski definition) is 1. The first-order valence-electron chi connectivity index (χ1n) is 6.80. The lowest BCUT2D eigenvalue weighted by atomic mass is 10.2. The van der Waals surface area contributed by atoms with Crippen molar-refractivity contribution in [2.24, 2.45) is 0 Å². The first-order chi connectivity index (χ1) is 10.6. The van der Waals surface area contributed by atoms with Gasteiger partial charge in [0.25, 0.3) is 5.91 Å². The Morgan fingerprint density at radius 2 is 1.82 bits per heavy atom. The predicted molar refractivity (Wildman–Crippen MR) is 84.2 cm³/mol. The van der Waals surface area contributed by atoms with Crippen molar-refractivity contribution in [2.75, 3.05) is 11.9 Å². The minimum Gasteiger partial charge on any atom is -0.462 e. The molecule has 0 radical (unpaired) electrons. The quantitative estimate of drug-likeness (QED) is 0.676. The molecule has 1 heterocycles. The van der Waals surface area contributed by atoms with Crippen LogP contribution in [0.15, 0.2) is 42.6 Å². The van der Waals surface area contributed by atoms with E-state index in [0.29, 0.717) is 28.6 Å². The standard InChI is InChI=1S/C16H15ClN2O3/c1-2-9-22-16(21)11-3-6-13(7-4-11)19-15(20)12-5-8-14(17)18-10-12/h3-8,10H,2,9H2,1H3,(H,19,20). The molecule has 0 atom stereocenters. The molecule has 5 nitrogen and oxygen atoms in total. The van der Waals surface area contributed by atoms with Gasteiger partial charge in [-0.15, -0.1) is 0 Å². The van der Waals surface area contributed by atoms with Crippen molar-refractivity contribution in [1.29, 1.82) is 0 Å². The number of esters is 1. The van der Waals surface area contributed by atoms with Crippen LogP contribution >= 0.6 is 11.6 Å². The van der Waals surface area contributed by atoms with Crippen molar-refractivity contribution < 1.29 is 14.3 Å². The van der Waals surface area contributed by atoms with Crippen LogP contribution < -0.4 is 5.32 Å². The second-order valence-corrected chi connectivity index (χ2v) is 4.92. The largest absolute Gasteiger partial charge is 0.462 e. The number of halogens is 1. The van der Waals surface area contributed by atoms with Crippen LogP contribution in [0.2, 0.25) is 5.15 Å². The highest BCUT2D eigenvalue weighted by molar-refractivity contribution is 6.29. The van der Waals surface area contributed by atoms with Crippen LogP contribution in [0.4, 0.5) is 5.69 Å². The van der Waals surface area contributed by atoms with Crippen molar-refractivity contribution in [2.45, 2.75) is 13.3 Å². The maximum absolute atomic E-state index is 12.0. The zero-order valence-electron chi connectivity index (χ0n) is 12.0. The number of nitrogens with zero attached hydrogens (tertiary/aromatic N) is 1. The SMILES string of the molecule is CCCOC(=O)c1ccc(NC(=O)c2ccc(Cl)nc2)cc1. The van der Waals surface area contributed by atoms with Gasteiger partial charge in [0.15, 0.2) is 0 Å². The Balaban J connectivity index is 2.00. The highest BCUT2D eigenvalue weighted by atomic mass is 35.5. The van der Waals surface area contributed by atoms with Crippen molar-refractivity contribution in [1.82, 2.24) is 4.98 Å². The lowest BCUT2D eigenvalue weighted by Gasteiger charge is -2.07. The molecule has 0 fully saturated rings. The molecule has 2 aromatic rings. The van der Waals surface area contributed by atoms with Crippen LogP contribution in [0.25, 0.3) is 0 Å². The molecule has 0 spiro atoms. The molecular formula is C16H15ClN2O3. The Morgan fingerprint density at radius 1 is 1.14 bits per heavy atom. The van der Waals surface area contributed by atoms with Gasteiger partial charge in [0, 0.05) is 11.9 Å². The molecule has 0 bridgehead atoms. The van der Waals surface area contributed by atoms with Crippen LogP contribution in [-0.4, -0.2) is 23.5 Å². The van der Waals surface area contributed by atoms with E-state index in [-0.39, 0.29) is 11.9 Å². The van der Waals surface area contributed by atoms with Crippen molar-refractivity contribution >= 4 is 29.2 Å². The molecule has 22 heavy (non-hydrogen) atoms. The zero-order valence-corrected chi connectivity index (χ0v) is 12.8. The van der Waals surface area contributed by atoms with Crippen LogP contribution in [0.5, 0.6) is 0 Å². The summed E-state index contributed by atoms with van der Waals surface area (Å²) in [5.74, 6) is -0.674. The monoisotopic (exact) mass is 318 g/mol. The average Bonchev–Trinajstić information content (AvgIpc) is 2.54. The molecule has 0 aliphatic carbocycles. The van der Waals surface area contributed by atoms with Crippen LogP contribution in [0, 0.1) is 0 Å². The Morgan fingerprint density at radius 3 is 2.41 bits per heavy atom. The molecule has 0 saturated heterocycles. The van der Waals surface area contributed by atoms with Crippen LogP contribution in [-0.2, 0) is 4.74 Å².